The number of nitrogens with zero attached hydrogens (tertiary/aromatic N) is 2. The summed E-state index contributed by atoms with van der Waals surface area (Å²) >= 11 is 1.44. The molecular weight excluding hydrogens is 362 g/mol. The molecule has 2 saturated heterocycles. The fourth-order valence-corrected chi connectivity index (χ4v) is 6.14. The van der Waals surface area contributed by atoms with Gasteiger partial charge in [0, 0.05) is 26.2 Å². The maximum Gasteiger partial charge on any atom is 0.264 e. The second-order valence-corrected chi connectivity index (χ2v) is 10.1. The summed E-state index contributed by atoms with van der Waals surface area (Å²) < 4.78 is 23.2. The average molecular weight is 386 g/mol. The van der Waals surface area contributed by atoms with E-state index in [2.05, 4.69) is 5.32 Å². The van der Waals surface area contributed by atoms with E-state index in [1.54, 1.807) is 6.92 Å². The first-order chi connectivity index (χ1) is 11.8. The molecule has 2 aliphatic heterocycles. The van der Waals surface area contributed by atoms with Gasteiger partial charge in [0.25, 0.3) is 5.91 Å². The molecular formula is C16H23N3O4S2. The molecule has 0 aromatic carbocycles. The Balaban J connectivity index is 1.46. The van der Waals surface area contributed by atoms with E-state index >= 15 is 0 Å². The van der Waals surface area contributed by atoms with Crippen molar-refractivity contribution in [2.75, 3.05) is 44.2 Å². The van der Waals surface area contributed by atoms with E-state index in [9.17, 15) is 18.0 Å². The van der Waals surface area contributed by atoms with E-state index in [-0.39, 0.29) is 29.9 Å². The summed E-state index contributed by atoms with van der Waals surface area (Å²) in [6.07, 6.45) is 0.462. The van der Waals surface area contributed by atoms with Crippen molar-refractivity contribution < 1.29 is 18.0 Å². The molecule has 0 unspecified atom stereocenters. The van der Waals surface area contributed by atoms with Gasteiger partial charge in [-0.15, -0.1) is 11.3 Å². The first-order valence-electron chi connectivity index (χ1n) is 8.33. The topological polar surface area (TPSA) is 86.8 Å². The Morgan fingerprint density at radius 2 is 2.00 bits per heavy atom. The molecule has 25 heavy (non-hydrogen) atoms. The summed E-state index contributed by atoms with van der Waals surface area (Å²) in [5, 5.41) is 4.76. The summed E-state index contributed by atoms with van der Waals surface area (Å²) in [6.45, 7) is 4.48. The highest BCUT2D eigenvalue weighted by Crippen LogP contribution is 2.22. The predicted molar refractivity (Wildman–Crippen MR) is 96.5 cm³/mol. The highest BCUT2D eigenvalue weighted by Gasteiger charge is 2.39. The van der Waals surface area contributed by atoms with Gasteiger partial charge in [-0.1, -0.05) is 6.07 Å². The van der Waals surface area contributed by atoms with Gasteiger partial charge in [0.1, 0.15) is 0 Å². The molecule has 138 valence electrons. The van der Waals surface area contributed by atoms with Gasteiger partial charge in [0.2, 0.25) is 5.91 Å². The van der Waals surface area contributed by atoms with Crippen LogP contribution in [0.15, 0.2) is 17.5 Å². The SMILES string of the molecule is C[C@]1(NC(=O)CN2CCN(C(=O)c3cccs3)CC2)CCS(=O)(=O)C1. The van der Waals surface area contributed by atoms with Crippen molar-refractivity contribution in [3.05, 3.63) is 22.4 Å². The lowest BCUT2D eigenvalue weighted by molar-refractivity contribution is -0.124. The van der Waals surface area contributed by atoms with Crippen molar-refractivity contribution in [2.45, 2.75) is 18.9 Å². The molecule has 1 aromatic heterocycles. The molecule has 0 saturated carbocycles. The van der Waals surface area contributed by atoms with E-state index in [0.717, 1.165) is 4.88 Å². The van der Waals surface area contributed by atoms with Crippen molar-refractivity contribution in [1.29, 1.82) is 0 Å². The Morgan fingerprint density at radius 3 is 2.56 bits per heavy atom. The molecule has 3 rings (SSSR count). The molecule has 2 fully saturated rings. The molecule has 0 spiro atoms. The lowest BCUT2D eigenvalue weighted by atomic mass is 10.0. The van der Waals surface area contributed by atoms with Crippen LogP contribution in [0.3, 0.4) is 0 Å². The highest BCUT2D eigenvalue weighted by molar-refractivity contribution is 7.91. The van der Waals surface area contributed by atoms with Crippen molar-refractivity contribution in [2.24, 2.45) is 0 Å². The van der Waals surface area contributed by atoms with Crippen LogP contribution in [0.25, 0.3) is 0 Å². The van der Waals surface area contributed by atoms with Crippen LogP contribution in [0, 0.1) is 0 Å². The Labute approximate surface area is 151 Å². The van der Waals surface area contributed by atoms with Gasteiger partial charge in [0.05, 0.1) is 28.5 Å². The largest absolute Gasteiger partial charge is 0.349 e. The second-order valence-electron chi connectivity index (χ2n) is 7.00. The molecule has 1 atom stereocenters. The van der Waals surface area contributed by atoms with E-state index in [1.165, 1.54) is 11.3 Å². The maximum absolute atomic E-state index is 12.3. The minimum Gasteiger partial charge on any atom is -0.349 e. The number of hydrogen-bond acceptors (Lipinski definition) is 6. The molecule has 2 amide bonds. The quantitative estimate of drug-likeness (QED) is 0.800. The lowest BCUT2D eigenvalue weighted by Gasteiger charge is -2.35. The van der Waals surface area contributed by atoms with Crippen LogP contribution in [-0.2, 0) is 14.6 Å². The molecule has 9 heteroatoms. The van der Waals surface area contributed by atoms with Gasteiger partial charge >= 0.3 is 0 Å². The van der Waals surface area contributed by atoms with E-state index < -0.39 is 15.4 Å². The van der Waals surface area contributed by atoms with Gasteiger partial charge in [0.15, 0.2) is 9.84 Å². The number of carbonyl (C=O) groups is 2. The van der Waals surface area contributed by atoms with Crippen LogP contribution >= 0.6 is 11.3 Å². The normalized spacial score (nSPS) is 26.5. The monoisotopic (exact) mass is 385 g/mol. The summed E-state index contributed by atoms with van der Waals surface area (Å²) in [7, 11) is -3.04. The van der Waals surface area contributed by atoms with Crippen LogP contribution in [0.1, 0.15) is 23.0 Å². The van der Waals surface area contributed by atoms with Gasteiger partial charge < -0.3 is 10.2 Å². The fourth-order valence-electron chi connectivity index (χ4n) is 3.35. The molecule has 0 aliphatic carbocycles. The third-order valence-electron chi connectivity index (χ3n) is 4.70. The Kier molecular flexibility index (Phi) is 5.17. The van der Waals surface area contributed by atoms with Crippen molar-refractivity contribution in [1.82, 2.24) is 15.1 Å². The Hall–Kier alpha value is -1.45. The van der Waals surface area contributed by atoms with Gasteiger partial charge in [-0.05, 0) is 24.8 Å². The Bertz CT molecular complexity index is 739. The fraction of sp³-hybridized carbons (Fsp3) is 0.625. The van der Waals surface area contributed by atoms with Crippen LogP contribution < -0.4 is 5.32 Å². The molecule has 1 N–H and O–H groups in total. The van der Waals surface area contributed by atoms with Crippen LogP contribution in [0.5, 0.6) is 0 Å². The van der Waals surface area contributed by atoms with Gasteiger partial charge in [-0.25, -0.2) is 8.42 Å². The summed E-state index contributed by atoms with van der Waals surface area (Å²) in [6, 6.07) is 3.69. The lowest BCUT2D eigenvalue weighted by Crippen LogP contribution is -2.54. The van der Waals surface area contributed by atoms with Gasteiger partial charge in [-0.2, -0.15) is 0 Å². The summed E-state index contributed by atoms with van der Waals surface area (Å²) in [5.41, 5.74) is -0.660. The number of piperazine rings is 1. The molecule has 2 aliphatic rings. The maximum atomic E-state index is 12.3. The predicted octanol–water partition coefficient (Wildman–Crippen LogP) is 0.199. The summed E-state index contributed by atoms with van der Waals surface area (Å²) in [4.78, 5) is 29.1. The smallest absolute Gasteiger partial charge is 0.264 e. The van der Waals surface area contributed by atoms with E-state index in [1.807, 2.05) is 27.3 Å². The number of hydrogen-bond donors (Lipinski definition) is 1. The highest BCUT2D eigenvalue weighted by atomic mass is 32.2. The minimum absolute atomic E-state index is 0.00876. The van der Waals surface area contributed by atoms with E-state index in [0.29, 0.717) is 32.6 Å². The van der Waals surface area contributed by atoms with Crippen molar-refractivity contribution >= 4 is 33.0 Å². The first kappa shape index (κ1) is 18.3. The Morgan fingerprint density at radius 1 is 1.28 bits per heavy atom. The average Bonchev–Trinajstić information content (AvgIpc) is 3.15. The van der Waals surface area contributed by atoms with Crippen LogP contribution in [-0.4, -0.2) is 79.8 Å². The number of sulfone groups is 1. The molecule has 1 aromatic rings. The van der Waals surface area contributed by atoms with Crippen molar-refractivity contribution in [3.8, 4) is 0 Å². The molecule has 3 heterocycles. The zero-order chi connectivity index (χ0) is 18.1. The zero-order valence-corrected chi connectivity index (χ0v) is 15.9. The molecule has 0 radical (unpaired) electrons. The summed E-state index contributed by atoms with van der Waals surface area (Å²) in [5.74, 6) is 0.0303. The minimum atomic E-state index is -3.04. The number of amides is 2. The standard InChI is InChI=1S/C16H23N3O4S2/c1-16(4-10-25(22,23)12-16)17-14(20)11-18-5-7-19(8-6-18)15(21)13-3-2-9-24-13/h2-3,9H,4-8,10-12H2,1H3,(H,17,20)/t16-/m0/s1. The second kappa shape index (κ2) is 7.05. The van der Waals surface area contributed by atoms with Crippen LogP contribution in [0.4, 0.5) is 0 Å². The number of carbonyl (C=O) groups excluding carboxylic acids is 2. The number of nitrogens with one attached hydrogen (secondary N) is 1. The van der Waals surface area contributed by atoms with Gasteiger partial charge in [-0.3, -0.25) is 14.5 Å². The number of rotatable bonds is 4. The van der Waals surface area contributed by atoms with E-state index in [4.69, 9.17) is 0 Å². The van der Waals surface area contributed by atoms with Crippen molar-refractivity contribution in [3.63, 3.8) is 0 Å². The van der Waals surface area contributed by atoms with Crippen LogP contribution in [0.2, 0.25) is 0 Å². The molecule has 7 nitrogen and oxygen atoms in total. The number of thiophene rings is 1. The third-order valence-corrected chi connectivity index (χ3v) is 7.46. The third kappa shape index (κ3) is 4.59. The first-order valence-corrected chi connectivity index (χ1v) is 11.0. The molecule has 0 bridgehead atoms. The zero-order valence-electron chi connectivity index (χ0n) is 14.2.